The van der Waals surface area contributed by atoms with Gasteiger partial charge in [-0.1, -0.05) is 24.3 Å². The molecule has 0 spiro atoms. The number of aryl methyl sites for hydroxylation is 1. The maximum absolute atomic E-state index is 13.6. The number of ether oxygens (including phenoxy) is 1. The Morgan fingerprint density at radius 3 is 2.35 bits per heavy atom. The first-order chi connectivity index (χ1) is 14.7. The Kier molecular flexibility index (Phi) is 6.84. The van der Waals surface area contributed by atoms with Crippen molar-refractivity contribution in [3.63, 3.8) is 0 Å². The van der Waals surface area contributed by atoms with E-state index >= 15 is 0 Å². The van der Waals surface area contributed by atoms with Crippen molar-refractivity contribution in [2.24, 2.45) is 11.7 Å². The molecule has 2 aromatic carbocycles. The first-order valence-corrected chi connectivity index (χ1v) is 11.5. The van der Waals surface area contributed by atoms with Gasteiger partial charge in [0.1, 0.15) is 17.2 Å². The number of likely N-dealkylation sites (tertiary alicyclic amines) is 1. The summed E-state index contributed by atoms with van der Waals surface area (Å²) in [6.45, 7) is 2.16. The lowest BCUT2D eigenvalue weighted by Gasteiger charge is -2.33. The summed E-state index contributed by atoms with van der Waals surface area (Å²) in [6, 6.07) is 13.4. The number of amides is 2. The molecule has 0 aliphatic carbocycles. The van der Waals surface area contributed by atoms with Gasteiger partial charge < -0.3 is 15.4 Å². The lowest BCUT2D eigenvalue weighted by atomic mass is 9.96. The van der Waals surface area contributed by atoms with Gasteiger partial charge in [-0.05, 0) is 49.6 Å². The van der Waals surface area contributed by atoms with E-state index in [9.17, 15) is 18.0 Å². The number of primary amides is 1. The summed E-state index contributed by atoms with van der Waals surface area (Å²) in [5, 5.41) is 0. The largest absolute Gasteiger partial charge is 0.495 e. The molecule has 2 amide bonds. The minimum absolute atomic E-state index is 0.000843. The Bertz CT molecular complexity index is 1050. The number of anilines is 1. The van der Waals surface area contributed by atoms with Gasteiger partial charge in [0.2, 0.25) is 11.8 Å². The molecule has 3 rings (SSSR count). The lowest BCUT2D eigenvalue weighted by molar-refractivity contribution is -0.133. The van der Waals surface area contributed by atoms with Crippen molar-refractivity contribution >= 4 is 27.5 Å². The topological polar surface area (TPSA) is 110 Å². The van der Waals surface area contributed by atoms with Crippen LogP contribution in [0.4, 0.5) is 5.69 Å². The van der Waals surface area contributed by atoms with Crippen LogP contribution in [0.1, 0.15) is 18.4 Å². The summed E-state index contributed by atoms with van der Waals surface area (Å²) in [7, 11) is -2.68. The number of methoxy groups -OCH3 is 1. The molecule has 31 heavy (non-hydrogen) atoms. The number of sulfonamides is 1. The molecule has 1 fully saturated rings. The lowest BCUT2D eigenvalue weighted by Crippen LogP contribution is -2.47. The van der Waals surface area contributed by atoms with E-state index in [-0.39, 0.29) is 34.9 Å². The summed E-state index contributed by atoms with van der Waals surface area (Å²) in [5.74, 6) is -0.745. The molecule has 0 saturated carbocycles. The second kappa shape index (κ2) is 9.38. The van der Waals surface area contributed by atoms with Crippen molar-refractivity contribution in [3.8, 4) is 5.75 Å². The van der Waals surface area contributed by atoms with Gasteiger partial charge in [-0.15, -0.1) is 0 Å². The van der Waals surface area contributed by atoms with Gasteiger partial charge >= 0.3 is 0 Å². The van der Waals surface area contributed by atoms with Crippen LogP contribution < -0.4 is 14.8 Å². The molecule has 0 aromatic heterocycles. The second-order valence-corrected chi connectivity index (χ2v) is 9.39. The summed E-state index contributed by atoms with van der Waals surface area (Å²) in [4.78, 5) is 26.0. The first-order valence-electron chi connectivity index (χ1n) is 10.0. The fourth-order valence-corrected chi connectivity index (χ4v) is 5.31. The number of rotatable bonds is 7. The molecule has 1 aliphatic heterocycles. The number of hydrogen-bond donors (Lipinski definition) is 1. The van der Waals surface area contributed by atoms with Crippen molar-refractivity contribution in [2.75, 3.05) is 31.0 Å². The molecule has 0 bridgehead atoms. The van der Waals surface area contributed by atoms with Crippen LogP contribution in [0.25, 0.3) is 0 Å². The van der Waals surface area contributed by atoms with Gasteiger partial charge in [-0.2, -0.15) is 0 Å². The minimum atomic E-state index is -4.09. The van der Waals surface area contributed by atoms with Crippen LogP contribution in [0.5, 0.6) is 5.75 Å². The van der Waals surface area contributed by atoms with Crippen LogP contribution in [0.3, 0.4) is 0 Å². The number of benzene rings is 2. The molecule has 0 unspecified atom stereocenters. The predicted octanol–water partition coefficient (Wildman–Crippen LogP) is 1.92. The number of para-hydroxylation sites is 1. The normalized spacial score (nSPS) is 14.8. The molecule has 8 nitrogen and oxygen atoms in total. The van der Waals surface area contributed by atoms with Crippen molar-refractivity contribution in [2.45, 2.75) is 24.7 Å². The SMILES string of the molecule is COc1ccc(C)cc1S(=O)(=O)N(CC(=O)N1CCC(C(N)=O)CC1)c1ccccc1. The van der Waals surface area contributed by atoms with E-state index in [0.717, 1.165) is 9.87 Å². The Morgan fingerprint density at radius 1 is 1.13 bits per heavy atom. The summed E-state index contributed by atoms with van der Waals surface area (Å²) >= 11 is 0. The van der Waals surface area contributed by atoms with Crippen LogP contribution in [0.2, 0.25) is 0 Å². The molecule has 1 saturated heterocycles. The first kappa shape index (κ1) is 22.6. The number of carbonyl (C=O) groups excluding carboxylic acids is 2. The second-order valence-electron chi connectivity index (χ2n) is 7.56. The van der Waals surface area contributed by atoms with Crippen molar-refractivity contribution in [3.05, 3.63) is 54.1 Å². The average Bonchev–Trinajstić information content (AvgIpc) is 2.77. The van der Waals surface area contributed by atoms with E-state index in [1.54, 1.807) is 54.3 Å². The molecule has 0 radical (unpaired) electrons. The number of nitrogens with zero attached hydrogens (tertiary/aromatic N) is 2. The third kappa shape index (κ3) is 4.99. The van der Waals surface area contributed by atoms with Crippen molar-refractivity contribution in [1.82, 2.24) is 4.90 Å². The van der Waals surface area contributed by atoms with Gasteiger partial charge in [0.25, 0.3) is 10.0 Å². The van der Waals surface area contributed by atoms with E-state index in [2.05, 4.69) is 0 Å². The predicted molar refractivity (Wildman–Crippen MR) is 117 cm³/mol. The number of nitrogens with two attached hydrogens (primary N) is 1. The van der Waals surface area contributed by atoms with Crippen LogP contribution >= 0.6 is 0 Å². The Balaban J connectivity index is 1.92. The van der Waals surface area contributed by atoms with Crippen molar-refractivity contribution in [1.29, 1.82) is 0 Å². The number of hydrogen-bond acceptors (Lipinski definition) is 5. The average molecular weight is 446 g/mol. The molecule has 1 aliphatic rings. The molecule has 1 heterocycles. The maximum atomic E-state index is 13.6. The van der Waals surface area contributed by atoms with Crippen LogP contribution in [-0.2, 0) is 19.6 Å². The summed E-state index contributed by atoms with van der Waals surface area (Å²) in [5.41, 5.74) is 6.50. The van der Waals surface area contributed by atoms with E-state index in [4.69, 9.17) is 10.5 Å². The molecular weight excluding hydrogens is 418 g/mol. The highest BCUT2D eigenvalue weighted by Gasteiger charge is 2.33. The monoisotopic (exact) mass is 445 g/mol. The quantitative estimate of drug-likeness (QED) is 0.700. The molecular formula is C22H27N3O5S. The summed E-state index contributed by atoms with van der Waals surface area (Å²) in [6.07, 6.45) is 0.954. The maximum Gasteiger partial charge on any atom is 0.268 e. The van der Waals surface area contributed by atoms with Crippen LogP contribution in [-0.4, -0.2) is 51.9 Å². The molecule has 2 aromatic rings. The molecule has 9 heteroatoms. The van der Waals surface area contributed by atoms with E-state index in [0.29, 0.717) is 31.6 Å². The Hall–Kier alpha value is -3.07. The zero-order chi connectivity index (χ0) is 22.6. The zero-order valence-corrected chi connectivity index (χ0v) is 18.5. The Labute approximate surface area is 182 Å². The smallest absolute Gasteiger partial charge is 0.268 e. The fourth-order valence-electron chi connectivity index (χ4n) is 3.65. The minimum Gasteiger partial charge on any atom is -0.495 e. The standard InChI is InChI=1S/C22H27N3O5S/c1-16-8-9-19(30-2)20(14-16)31(28,29)25(18-6-4-3-5-7-18)15-21(26)24-12-10-17(11-13-24)22(23)27/h3-9,14,17H,10-13,15H2,1-2H3,(H2,23,27). The van der Waals surface area contributed by atoms with Crippen molar-refractivity contribution < 1.29 is 22.7 Å². The van der Waals surface area contributed by atoms with Crippen LogP contribution in [0.15, 0.2) is 53.4 Å². The van der Waals surface area contributed by atoms with E-state index < -0.39 is 10.0 Å². The molecule has 2 N–H and O–H groups in total. The van der Waals surface area contributed by atoms with Gasteiger partial charge in [-0.25, -0.2) is 8.42 Å². The van der Waals surface area contributed by atoms with Gasteiger partial charge in [-0.3, -0.25) is 13.9 Å². The third-order valence-corrected chi connectivity index (χ3v) is 7.26. The van der Waals surface area contributed by atoms with Gasteiger partial charge in [0.15, 0.2) is 0 Å². The number of carbonyl (C=O) groups is 2. The van der Waals surface area contributed by atoms with Gasteiger partial charge in [0, 0.05) is 19.0 Å². The fraction of sp³-hybridized carbons (Fsp3) is 0.364. The van der Waals surface area contributed by atoms with Gasteiger partial charge in [0.05, 0.1) is 12.8 Å². The highest BCUT2D eigenvalue weighted by atomic mass is 32.2. The van der Waals surface area contributed by atoms with Crippen LogP contribution in [0, 0.1) is 12.8 Å². The molecule has 166 valence electrons. The highest BCUT2D eigenvalue weighted by molar-refractivity contribution is 7.93. The summed E-state index contributed by atoms with van der Waals surface area (Å²) < 4.78 is 33.7. The Morgan fingerprint density at radius 2 is 1.77 bits per heavy atom. The highest BCUT2D eigenvalue weighted by Crippen LogP contribution is 2.31. The third-order valence-electron chi connectivity index (χ3n) is 5.46. The van der Waals surface area contributed by atoms with E-state index in [1.807, 2.05) is 0 Å². The molecule has 0 atom stereocenters. The number of piperidine rings is 1. The van der Waals surface area contributed by atoms with E-state index in [1.165, 1.54) is 13.2 Å². The zero-order valence-electron chi connectivity index (χ0n) is 17.7.